The van der Waals surface area contributed by atoms with Gasteiger partial charge in [0.05, 0.1) is 6.20 Å². The molecule has 0 aliphatic heterocycles. The molecule has 0 spiro atoms. The first-order valence-electron chi connectivity index (χ1n) is 7.76. The molecule has 0 bridgehead atoms. The molecule has 0 radical (unpaired) electrons. The third kappa shape index (κ3) is 6.42. The number of amides is 1. The van der Waals surface area contributed by atoms with Gasteiger partial charge in [-0.2, -0.15) is 13.9 Å². The number of aromatic nitrogens is 2. The highest BCUT2D eigenvalue weighted by atomic mass is 35.5. The molecule has 0 N–H and O–H groups in total. The highest BCUT2D eigenvalue weighted by Crippen LogP contribution is 2.31. The molecule has 142 valence electrons. The number of anilines is 1. The molecular weight excluding hydrogens is 382 g/mol. The first-order valence-corrected chi connectivity index (χ1v) is 9.12. The zero-order valence-corrected chi connectivity index (χ0v) is 16.2. The number of allylic oxidation sites excluding steroid dienone is 3. The summed E-state index contributed by atoms with van der Waals surface area (Å²) in [5, 5.41) is 1.28. The normalized spacial score (nSPS) is 12.4. The van der Waals surface area contributed by atoms with Crippen LogP contribution >= 0.6 is 23.4 Å². The molecule has 5 nitrogen and oxygen atoms in total. The summed E-state index contributed by atoms with van der Waals surface area (Å²) in [4.78, 5) is 17.4. The van der Waals surface area contributed by atoms with Gasteiger partial charge in [0, 0.05) is 30.6 Å². The van der Waals surface area contributed by atoms with E-state index < -0.39 is 5.25 Å². The number of rotatable bonds is 10. The van der Waals surface area contributed by atoms with E-state index in [1.807, 2.05) is 6.92 Å². The van der Waals surface area contributed by atoms with Crippen LogP contribution in [0.2, 0.25) is 5.15 Å². The van der Waals surface area contributed by atoms with Crippen LogP contribution < -0.4 is 4.90 Å². The van der Waals surface area contributed by atoms with E-state index >= 15 is 0 Å². The predicted molar refractivity (Wildman–Crippen MR) is 106 cm³/mol. The van der Waals surface area contributed by atoms with Crippen LogP contribution in [0, 0.1) is 0 Å². The van der Waals surface area contributed by atoms with Crippen LogP contribution in [-0.2, 0) is 4.79 Å². The molecular formula is C17H21ClF2N4OS. The Morgan fingerprint density at radius 1 is 1.58 bits per heavy atom. The monoisotopic (exact) mass is 402 g/mol. The Bertz CT molecular complexity index is 716. The van der Waals surface area contributed by atoms with Crippen molar-refractivity contribution < 1.29 is 13.6 Å². The van der Waals surface area contributed by atoms with Crippen molar-refractivity contribution in [1.29, 1.82) is 0 Å². The highest BCUT2D eigenvalue weighted by Gasteiger charge is 2.26. The molecule has 0 saturated carbocycles. The van der Waals surface area contributed by atoms with E-state index in [9.17, 15) is 13.6 Å². The summed E-state index contributed by atoms with van der Waals surface area (Å²) in [7, 11) is 0. The molecule has 1 amide bonds. The van der Waals surface area contributed by atoms with E-state index in [1.165, 1.54) is 15.8 Å². The average Bonchev–Trinajstić information content (AvgIpc) is 2.97. The van der Waals surface area contributed by atoms with Crippen LogP contribution in [0.3, 0.4) is 0 Å². The van der Waals surface area contributed by atoms with E-state index in [0.717, 1.165) is 5.70 Å². The van der Waals surface area contributed by atoms with Gasteiger partial charge in [-0.05, 0) is 38.8 Å². The van der Waals surface area contributed by atoms with Crippen molar-refractivity contribution in [3.05, 3.63) is 42.4 Å². The second kappa shape index (κ2) is 10.3. The van der Waals surface area contributed by atoms with Gasteiger partial charge >= 0.3 is 5.25 Å². The summed E-state index contributed by atoms with van der Waals surface area (Å²) in [6, 6.07) is 0. The smallest absolute Gasteiger partial charge is 0.308 e. The maximum Gasteiger partial charge on any atom is 0.312 e. The first-order chi connectivity index (χ1) is 12.3. The molecule has 0 fully saturated rings. The number of carbonyl (C=O) groups excluding carboxylic acids is 1. The largest absolute Gasteiger partial charge is 0.312 e. The third-order valence-electron chi connectivity index (χ3n) is 3.30. The van der Waals surface area contributed by atoms with Gasteiger partial charge in [-0.1, -0.05) is 29.9 Å². The quantitative estimate of drug-likeness (QED) is 0.319. The second-order valence-electron chi connectivity index (χ2n) is 5.08. The fraction of sp³-hybridized carbons (Fsp3) is 0.353. The third-order valence-corrected chi connectivity index (χ3v) is 4.53. The Morgan fingerprint density at radius 2 is 2.27 bits per heavy atom. The van der Waals surface area contributed by atoms with Crippen molar-refractivity contribution in [2.24, 2.45) is 4.99 Å². The minimum atomic E-state index is -3.05. The lowest BCUT2D eigenvalue weighted by atomic mass is 10.3. The summed E-state index contributed by atoms with van der Waals surface area (Å²) in [6.07, 6.45) is 7.10. The van der Waals surface area contributed by atoms with Crippen LogP contribution in [0.15, 0.2) is 42.2 Å². The van der Waals surface area contributed by atoms with Gasteiger partial charge in [0.25, 0.3) is 0 Å². The molecule has 1 aromatic heterocycles. The number of aliphatic imine (C=N–C) groups is 1. The SMILES string of the molecule is C=CC(F)(F)SCCC(=O)N(CC)c1cn(/C(C)=C/C=C\N=C)nc1Cl. The number of thioether (sulfide) groups is 1. The lowest BCUT2D eigenvalue weighted by molar-refractivity contribution is -0.118. The fourth-order valence-corrected chi connectivity index (χ4v) is 2.87. The van der Waals surface area contributed by atoms with Crippen LogP contribution in [0.5, 0.6) is 0 Å². The van der Waals surface area contributed by atoms with Gasteiger partial charge in [0.1, 0.15) is 5.69 Å². The molecule has 1 aromatic rings. The van der Waals surface area contributed by atoms with Crippen molar-refractivity contribution in [2.75, 3.05) is 17.2 Å². The maximum atomic E-state index is 13.2. The van der Waals surface area contributed by atoms with Crippen molar-refractivity contribution in [3.8, 4) is 0 Å². The van der Waals surface area contributed by atoms with Crippen molar-refractivity contribution in [3.63, 3.8) is 0 Å². The Balaban J connectivity index is 2.88. The summed E-state index contributed by atoms with van der Waals surface area (Å²) >= 11 is 6.53. The summed E-state index contributed by atoms with van der Waals surface area (Å²) in [5.41, 5.74) is 1.18. The van der Waals surface area contributed by atoms with E-state index in [4.69, 9.17) is 11.6 Å². The van der Waals surface area contributed by atoms with E-state index in [0.29, 0.717) is 30.1 Å². The Labute approximate surface area is 161 Å². The number of hydrogen-bond acceptors (Lipinski definition) is 4. The average molecular weight is 403 g/mol. The molecule has 1 rings (SSSR count). The van der Waals surface area contributed by atoms with Crippen molar-refractivity contribution in [2.45, 2.75) is 25.5 Å². The molecule has 9 heteroatoms. The van der Waals surface area contributed by atoms with Gasteiger partial charge < -0.3 is 4.90 Å². The molecule has 0 aliphatic rings. The van der Waals surface area contributed by atoms with Gasteiger partial charge in [-0.25, -0.2) is 4.68 Å². The molecule has 26 heavy (non-hydrogen) atoms. The van der Waals surface area contributed by atoms with Gasteiger partial charge in [0.2, 0.25) is 5.91 Å². The molecule has 0 aromatic carbocycles. The Morgan fingerprint density at radius 3 is 2.85 bits per heavy atom. The molecule has 0 aliphatic carbocycles. The van der Waals surface area contributed by atoms with Gasteiger partial charge in [-0.3, -0.25) is 9.79 Å². The number of nitrogens with zero attached hydrogens (tertiary/aromatic N) is 4. The lowest BCUT2D eigenvalue weighted by Crippen LogP contribution is -2.31. The van der Waals surface area contributed by atoms with Gasteiger partial charge in [0.15, 0.2) is 5.15 Å². The summed E-state index contributed by atoms with van der Waals surface area (Å²) < 4.78 is 27.8. The Kier molecular flexibility index (Phi) is 8.74. The minimum absolute atomic E-state index is 0.0294. The number of carbonyl (C=O) groups is 1. The lowest BCUT2D eigenvalue weighted by Gasteiger charge is -2.20. The number of hydrogen-bond donors (Lipinski definition) is 0. The molecule has 0 unspecified atom stereocenters. The van der Waals surface area contributed by atoms with Crippen molar-refractivity contribution >= 4 is 47.4 Å². The van der Waals surface area contributed by atoms with Crippen LogP contribution in [0.25, 0.3) is 5.70 Å². The Hall–Kier alpha value is -1.93. The predicted octanol–water partition coefficient (Wildman–Crippen LogP) is 4.87. The van der Waals surface area contributed by atoms with Gasteiger partial charge in [-0.15, -0.1) is 0 Å². The standard InChI is InChI=1S/C17H21ClF2N4OS/c1-5-17(19,20)26-11-9-15(25)23(6-2)14-12-24(22-16(14)18)13(3)8-7-10-21-4/h5,7-8,10,12H,1,4,6,9,11H2,2-3H3/b10-7-,13-8+. The second-order valence-corrected chi connectivity index (χ2v) is 6.68. The summed E-state index contributed by atoms with van der Waals surface area (Å²) in [6.45, 7) is 10.3. The molecule has 0 atom stereocenters. The summed E-state index contributed by atoms with van der Waals surface area (Å²) in [5.74, 6) is -0.336. The molecule has 0 saturated heterocycles. The van der Waals surface area contributed by atoms with Crippen molar-refractivity contribution in [1.82, 2.24) is 9.78 Å². The first kappa shape index (κ1) is 22.1. The maximum absolute atomic E-state index is 13.2. The number of alkyl halides is 2. The molecule has 1 heterocycles. The minimum Gasteiger partial charge on any atom is -0.308 e. The zero-order valence-electron chi connectivity index (χ0n) is 14.7. The fourth-order valence-electron chi connectivity index (χ4n) is 1.97. The van der Waals surface area contributed by atoms with E-state index in [2.05, 4.69) is 23.4 Å². The topological polar surface area (TPSA) is 50.5 Å². The van der Waals surface area contributed by atoms with E-state index in [1.54, 1.807) is 25.3 Å². The van der Waals surface area contributed by atoms with Crippen LogP contribution in [0.1, 0.15) is 20.3 Å². The van der Waals surface area contributed by atoms with Crippen LogP contribution in [0.4, 0.5) is 14.5 Å². The number of halogens is 3. The zero-order chi connectivity index (χ0) is 19.7. The van der Waals surface area contributed by atoms with E-state index in [-0.39, 0.29) is 23.2 Å². The highest BCUT2D eigenvalue weighted by molar-refractivity contribution is 8.00. The van der Waals surface area contributed by atoms with Crippen LogP contribution in [-0.4, -0.2) is 40.0 Å².